The van der Waals surface area contributed by atoms with Crippen molar-refractivity contribution in [3.8, 4) is 5.75 Å². The highest BCUT2D eigenvalue weighted by molar-refractivity contribution is 5.88. The summed E-state index contributed by atoms with van der Waals surface area (Å²) in [5, 5.41) is 12.0. The van der Waals surface area contributed by atoms with Crippen LogP contribution in [0.4, 0.5) is 0 Å². The van der Waals surface area contributed by atoms with E-state index in [9.17, 15) is 5.11 Å². The molecule has 78 valence electrons. The fraction of sp³-hybridized carbons (Fsp3) is 0.308. The van der Waals surface area contributed by atoms with Gasteiger partial charge in [0, 0.05) is 22.4 Å². The number of aromatic nitrogens is 1. The van der Waals surface area contributed by atoms with Gasteiger partial charge < -0.3 is 5.11 Å². The van der Waals surface area contributed by atoms with E-state index < -0.39 is 0 Å². The Bertz CT molecular complexity index is 497. The number of nitrogens with zero attached hydrogens (tertiary/aromatic N) is 1. The lowest BCUT2D eigenvalue weighted by Gasteiger charge is -2.19. The lowest BCUT2D eigenvalue weighted by Crippen LogP contribution is -2.13. The van der Waals surface area contributed by atoms with Crippen LogP contribution in [0.15, 0.2) is 30.5 Å². The predicted octanol–water partition coefficient (Wildman–Crippen LogP) is 3.24. The molecule has 0 saturated carbocycles. The van der Waals surface area contributed by atoms with Crippen LogP contribution in [0.3, 0.4) is 0 Å². The molecular weight excluding hydrogens is 186 g/mol. The zero-order valence-corrected chi connectivity index (χ0v) is 9.28. The van der Waals surface area contributed by atoms with E-state index in [1.807, 2.05) is 51.2 Å². The van der Waals surface area contributed by atoms with Crippen LogP contribution in [-0.4, -0.2) is 10.1 Å². The van der Waals surface area contributed by atoms with Gasteiger partial charge >= 0.3 is 0 Å². The molecule has 0 aliphatic rings. The van der Waals surface area contributed by atoms with Gasteiger partial charge in [-0.1, -0.05) is 45.0 Å². The second-order valence-electron chi connectivity index (χ2n) is 4.79. The van der Waals surface area contributed by atoms with Crippen molar-refractivity contribution in [2.75, 3.05) is 0 Å². The molecule has 0 spiro atoms. The minimum absolute atomic E-state index is 0.131. The van der Waals surface area contributed by atoms with Gasteiger partial charge in [0.25, 0.3) is 0 Å². The molecule has 0 bridgehead atoms. The molecule has 0 radical (unpaired) electrons. The van der Waals surface area contributed by atoms with E-state index in [2.05, 4.69) is 4.98 Å². The first kappa shape index (κ1) is 9.97. The van der Waals surface area contributed by atoms with E-state index in [1.165, 1.54) is 0 Å². The SMILES string of the molecule is CC(C)(C)c1ncc2ccccc2c1O. The van der Waals surface area contributed by atoms with Gasteiger partial charge in [-0.25, -0.2) is 0 Å². The second kappa shape index (κ2) is 3.23. The maximum Gasteiger partial charge on any atom is 0.145 e. The molecule has 1 aromatic carbocycles. The van der Waals surface area contributed by atoms with E-state index in [0.717, 1.165) is 16.5 Å². The highest BCUT2D eigenvalue weighted by Gasteiger charge is 2.20. The quantitative estimate of drug-likeness (QED) is 0.709. The van der Waals surface area contributed by atoms with Gasteiger partial charge in [0.05, 0.1) is 5.69 Å². The molecule has 1 aromatic heterocycles. The van der Waals surface area contributed by atoms with Crippen molar-refractivity contribution in [1.82, 2.24) is 4.98 Å². The van der Waals surface area contributed by atoms with Gasteiger partial charge in [-0.15, -0.1) is 0 Å². The predicted molar refractivity (Wildman–Crippen MR) is 62.1 cm³/mol. The minimum atomic E-state index is -0.131. The third kappa shape index (κ3) is 1.67. The lowest BCUT2D eigenvalue weighted by atomic mass is 9.90. The van der Waals surface area contributed by atoms with Crippen LogP contribution < -0.4 is 0 Å². The molecule has 1 N–H and O–H groups in total. The zero-order valence-electron chi connectivity index (χ0n) is 9.28. The monoisotopic (exact) mass is 201 g/mol. The number of fused-ring (bicyclic) bond motifs is 1. The summed E-state index contributed by atoms with van der Waals surface area (Å²) in [5.41, 5.74) is 0.620. The van der Waals surface area contributed by atoms with Gasteiger partial charge in [0.2, 0.25) is 0 Å². The summed E-state index contributed by atoms with van der Waals surface area (Å²) in [4.78, 5) is 4.33. The van der Waals surface area contributed by atoms with Gasteiger partial charge in [-0.05, 0) is 0 Å². The summed E-state index contributed by atoms with van der Waals surface area (Å²) < 4.78 is 0. The molecule has 2 rings (SSSR count). The van der Waals surface area contributed by atoms with Crippen LogP contribution in [0.1, 0.15) is 26.5 Å². The molecule has 0 atom stereocenters. The number of rotatable bonds is 0. The van der Waals surface area contributed by atoms with E-state index in [1.54, 1.807) is 0 Å². The molecule has 1 heterocycles. The maximum absolute atomic E-state index is 10.1. The van der Waals surface area contributed by atoms with Gasteiger partial charge in [0.15, 0.2) is 0 Å². The Morgan fingerprint density at radius 2 is 1.80 bits per heavy atom. The summed E-state index contributed by atoms with van der Waals surface area (Å²) in [6.07, 6.45) is 1.82. The van der Waals surface area contributed by atoms with Crippen molar-refractivity contribution in [3.63, 3.8) is 0 Å². The van der Waals surface area contributed by atoms with Crippen molar-refractivity contribution in [1.29, 1.82) is 0 Å². The Morgan fingerprint density at radius 1 is 1.13 bits per heavy atom. The first-order valence-electron chi connectivity index (χ1n) is 5.07. The summed E-state index contributed by atoms with van der Waals surface area (Å²) in [7, 11) is 0. The minimum Gasteiger partial charge on any atom is -0.505 e. The van der Waals surface area contributed by atoms with Gasteiger partial charge in [0.1, 0.15) is 5.75 Å². The van der Waals surface area contributed by atoms with Crippen LogP contribution in [0.5, 0.6) is 5.75 Å². The largest absolute Gasteiger partial charge is 0.505 e. The average molecular weight is 201 g/mol. The van der Waals surface area contributed by atoms with E-state index in [0.29, 0.717) is 5.75 Å². The Morgan fingerprint density at radius 3 is 2.47 bits per heavy atom. The van der Waals surface area contributed by atoms with Crippen molar-refractivity contribution >= 4 is 10.8 Å². The van der Waals surface area contributed by atoms with Crippen LogP contribution in [0.2, 0.25) is 0 Å². The molecule has 2 aromatic rings. The third-order valence-electron chi connectivity index (χ3n) is 2.48. The lowest BCUT2D eigenvalue weighted by molar-refractivity contribution is 0.444. The van der Waals surface area contributed by atoms with Crippen molar-refractivity contribution in [2.24, 2.45) is 0 Å². The number of hydrogen-bond acceptors (Lipinski definition) is 2. The molecule has 0 aliphatic carbocycles. The van der Waals surface area contributed by atoms with Crippen LogP contribution in [0.25, 0.3) is 10.8 Å². The fourth-order valence-corrected chi connectivity index (χ4v) is 1.70. The molecular formula is C13H15NO. The summed E-state index contributed by atoms with van der Waals surface area (Å²) in [6.45, 7) is 6.14. The van der Waals surface area contributed by atoms with E-state index >= 15 is 0 Å². The highest BCUT2D eigenvalue weighted by atomic mass is 16.3. The maximum atomic E-state index is 10.1. The number of hydrogen-bond donors (Lipinski definition) is 1. The standard InChI is InChI=1S/C13H15NO/c1-13(2,3)12-11(15)10-7-5-4-6-9(10)8-14-12/h4-8,15H,1-3H3. The summed E-state index contributed by atoms with van der Waals surface area (Å²) in [6, 6.07) is 7.74. The third-order valence-corrected chi connectivity index (χ3v) is 2.48. The first-order valence-corrected chi connectivity index (χ1v) is 5.07. The number of aromatic hydroxyl groups is 1. The molecule has 0 aliphatic heterocycles. The second-order valence-corrected chi connectivity index (χ2v) is 4.79. The van der Waals surface area contributed by atoms with Crippen LogP contribution in [-0.2, 0) is 5.41 Å². The highest BCUT2D eigenvalue weighted by Crippen LogP contribution is 2.33. The zero-order chi connectivity index (χ0) is 11.1. The van der Waals surface area contributed by atoms with Crippen molar-refractivity contribution in [3.05, 3.63) is 36.2 Å². The molecule has 0 unspecified atom stereocenters. The van der Waals surface area contributed by atoms with E-state index in [-0.39, 0.29) is 5.41 Å². The number of pyridine rings is 1. The molecule has 2 nitrogen and oxygen atoms in total. The van der Waals surface area contributed by atoms with Crippen molar-refractivity contribution < 1.29 is 5.11 Å². The molecule has 2 heteroatoms. The van der Waals surface area contributed by atoms with E-state index in [4.69, 9.17) is 0 Å². The van der Waals surface area contributed by atoms with Gasteiger partial charge in [-0.2, -0.15) is 0 Å². The van der Waals surface area contributed by atoms with Gasteiger partial charge in [-0.3, -0.25) is 4.98 Å². The smallest absolute Gasteiger partial charge is 0.145 e. The van der Waals surface area contributed by atoms with Crippen molar-refractivity contribution in [2.45, 2.75) is 26.2 Å². The topological polar surface area (TPSA) is 33.1 Å². The molecule has 0 amide bonds. The van der Waals surface area contributed by atoms with Crippen LogP contribution in [0, 0.1) is 0 Å². The molecule has 0 saturated heterocycles. The Hall–Kier alpha value is -1.57. The molecule has 0 fully saturated rings. The normalized spacial score (nSPS) is 11.9. The Labute approximate surface area is 89.6 Å². The van der Waals surface area contributed by atoms with Crippen LogP contribution >= 0.6 is 0 Å². The number of benzene rings is 1. The average Bonchev–Trinajstić information content (AvgIpc) is 2.16. The Balaban J connectivity index is 2.76. The Kier molecular flexibility index (Phi) is 2.14. The summed E-state index contributed by atoms with van der Waals surface area (Å²) in [5.74, 6) is 0.306. The fourth-order valence-electron chi connectivity index (χ4n) is 1.70. The molecule has 15 heavy (non-hydrogen) atoms. The summed E-state index contributed by atoms with van der Waals surface area (Å²) >= 11 is 0. The first-order chi connectivity index (χ1) is 7.00.